The van der Waals surface area contributed by atoms with Crippen LogP contribution in [-0.2, 0) is 11.2 Å². The van der Waals surface area contributed by atoms with Crippen LogP contribution in [0.25, 0.3) is 5.69 Å². The number of hydrogen-bond donors (Lipinski definition) is 2. The Hall–Kier alpha value is -1.92. The van der Waals surface area contributed by atoms with Crippen LogP contribution in [0, 0.1) is 0 Å². The monoisotopic (exact) mass is 266 g/mol. The van der Waals surface area contributed by atoms with Gasteiger partial charge in [0.25, 0.3) is 0 Å². The van der Waals surface area contributed by atoms with Crippen molar-refractivity contribution in [3.05, 3.63) is 41.2 Å². The summed E-state index contributed by atoms with van der Waals surface area (Å²) in [5.74, 6) is -1.06. The predicted molar refractivity (Wildman–Crippen MR) is 65.7 cm³/mol. The van der Waals surface area contributed by atoms with Crippen molar-refractivity contribution < 1.29 is 9.90 Å². The van der Waals surface area contributed by atoms with Crippen LogP contribution < -0.4 is 5.73 Å². The van der Waals surface area contributed by atoms with Crippen molar-refractivity contribution in [1.82, 2.24) is 15.0 Å². The van der Waals surface area contributed by atoms with Crippen LogP contribution >= 0.6 is 11.6 Å². The lowest BCUT2D eigenvalue weighted by Gasteiger charge is -2.02. The summed E-state index contributed by atoms with van der Waals surface area (Å²) in [7, 11) is 0. The normalized spacial score (nSPS) is 12.3. The largest absolute Gasteiger partial charge is 0.480 e. The second-order valence-electron chi connectivity index (χ2n) is 3.78. The predicted octanol–water partition coefficient (Wildman–Crippen LogP) is 0.875. The highest BCUT2D eigenvalue weighted by molar-refractivity contribution is 6.30. The van der Waals surface area contributed by atoms with Gasteiger partial charge in [-0.05, 0) is 18.2 Å². The van der Waals surface area contributed by atoms with Gasteiger partial charge in [0.1, 0.15) is 6.04 Å². The second-order valence-corrected chi connectivity index (χ2v) is 4.22. The molecule has 0 bridgehead atoms. The minimum Gasteiger partial charge on any atom is -0.480 e. The zero-order valence-corrected chi connectivity index (χ0v) is 10.1. The lowest BCUT2D eigenvalue weighted by atomic mass is 10.2. The zero-order chi connectivity index (χ0) is 13.1. The SMILES string of the molecule is NC(Cc1cn(-c2cccc(Cl)c2)nn1)C(=O)O. The molecule has 2 rings (SSSR count). The Morgan fingerprint density at radius 3 is 3.00 bits per heavy atom. The lowest BCUT2D eigenvalue weighted by molar-refractivity contribution is -0.138. The molecule has 3 N–H and O–H groups in total. The molecule has 0 spiro atoms. The van der Waals surface area contributed by atoms with Gasteiger partial charge in [0.05, 0.1) is 17.6 Å². The van der Waals surface area contributed by atoms with E-state index in [1.165, 1.54) is 4.68 Å². The summed E-state index contributed by atoms with van der Waals surface area (Å²) in [4.78, 5) is 10.6. The van der Waals surface area contributed by atoms with Crippen LogP contribution in [0.5, 0.6) is 0 Å². The smallest absolute Gasteiger partial charge is 0.320 e. The van der Waals surface area contributed by atoms with Crippen molar-refractivity contribution in [2.45, 2.75) is 12.5 Å². The fraction of sp³-hybridized carbons (Fsp3) is 0.182. The molecular formula is C11H11ClN4O2. The van der Waals surface area contributed by atoms with E-state index in [4.69, 9.17) is 22.4 Å². The number of halogens is 1. The van der Waals surface area contributed by atoms with Crippen LogP contribution in [0.4, 0.5) is 0 Å². The van der Waals surface area contributed by atoms with Gasteiger partial charge in [-0.2, -0.15) is 0 Å². The van der Waals surface area contributed by atoms with E-state index in [0.717, 1.165) is 5.69 Å². The standard InChI is InChI=1S/C11H11ClN4O2/c12-7-2-1-3-9(4-7)16-6-8(14-15-16)5-10(13)11(17)18/h1-4,6,10H,5,13H2,(H,17,18). The Morgan fingerprint density at radius 1 is 1.56 bits per heavy atom. The van der Waals surface area contributed by atoms with E-state index < -0.39 is 12.0 Å². The van der Waals surface area contributed by atoms with Crippen LogP contribution in [0.1, 0.15) is 5.69 Å². The maximum Gasteiger partial charge on any atom is 0.320 e. The van der Waals surface area contributed by atoms with Crippen molar-refractivity contribution in [3.8, 4) is 5.69 Å². The third kappa shape index (κ3) is 2.85. The number of rotatable bonds is 4. The molecule has 1 aromatic heterocycles. The Kier molecular flexibility index (Phi) is 3.59. The Morgan fingerprint density at radius 2 is 2.33 bits per heavy atom. The summed E-state index contributed by atoms with van der Waals surface area (Å²) >= 11 is 5.87. The molecule has 6 nitrogen and oxygen atoms in total. The van der Waals surface area contributed by atoms with Crippen LogP contribution in [0.15, 0.2) is 30.5 Å². The van der Waals surface area contributed by atoms with E-state index in [1.807, 2.05) is 6.07 Å². The Balaban J connectivity index is 2.18. The average Bonchev–Trinajstić information content (AvgIpc) is 2.77. The molecule has 7 heteroatoms. The number of nitrogens with zero attached hydrogens (tertiary/aromatic N) is 3. The summed E-state index contributed by atoms with van der Waals surface area (Å²) in [5, 5.41) is 17.1. The third-order valence-corrected chi connectivity index (χ3v) is 2.59. The van der Waals surface area contributed by atoms with E-state index in [1.54, 1.807) is 24.4 Å². The molecule has 1 aromatic carbocycles. The molecule has 0 saturated heterocycles. The number of aromatic nitrogens is 3. The lowest BCUT2D eigenvalue weighted by Crippen LogP contribution is -2.32. The van der Waals surface area contributed by atoms with Gasteiger partial charge < -0.3 is 10.8 Å². The van der Waals surface area contributed by atoms with E-state index >= 15 is 0 Å². The molecule has 2 aromatic rings. The number of carboxylic acids is 1. The van der Waals surface area contributed by atoms with Gasteiger partial charge in [-0.3, -0.25) is 4.79 Å². The number of benzene rings is 1. The molecule has 0 aliphatic carbocycles. The molecular weight excluding hydrogens is 256 g/mol. The molecule has 0 fully saturated rings. The van der Waals surface area contributed by atoms with Crippen molar-refractivity contribution in [2.75, 3.05) is 0 Å². The number of nitrogens with two attached hydrogens (primary N) is 1. The first-order valence-corrected chi connectivity index (χ1v) is 5.59. The van der Waals surface area contributed by atoms with Crippen LogP contribution in [-0.4, -0.2) is 32.1 Å². The summed E-state index contributed by atoms with van der Waals surface area (Å²) in [6.45, 7) is 0. The number of carbonyl (C=O) groups is 1. The topological polar surface area (TPSA) is 94.0 Å². The summed E-state index contributed by atoms with van der Waals surface area (Å²) < 4.78 is 1.52. The summed E-state index contributed by atoms with van der Waals surface area (Å²) in [6, 6.07) is 6.12. The first kappa shape index (κ1) is 12.5. The van der Waals surface area contributed by atoms with E-state index in [0.29, 0.717) is 10.7 Å². The van der Waals surface area contributed by atoms with Gasteiger partial charge >= 0.3 is 5.97 Å². The van der Waals surface area contributed by atoms with Crippen molar-refractivity contribution in [3.63, 3.8) is 0 Å². The molecule has 94 valence electrons. The van der Waals surface area contributed by atoms with Gasteiger partial charge in [0, 0.05) is 11.4 Å². The third-order valence-electron chi connectivity index (χ3n) is 2.36. The zero-order valence-electron chi connectivity index (χ0n) is 9.32. The molecule has 18 heavy (non-hydrogen) atoms. The highest BCUT2D eigenvalue weighted by Crippen LogP contribution is 2.14. The van der Waals surface area contributed by atoms with Crippen molar-refractivity contribution in [2.24, 2.45) is 5.73 Å². The van der Waals surface area contributed by atoms with Crippen LogP contribution in [0.3, 0.4) is 0 Å². The van der Waals surface area contributed by atoms with E-state index in [9.17, 15) is 4.79 Å². The van der Waals surface area contributed by atoms with Gasteiger partial charge in [-0.15, -0.1) is 5.10 Å². The molecule has 1 atom stereocenters. The number of hydrogen-bond acceptors (Lipinski definition) is 4. The first-order valence-electron chi connectivity index (χ1n) is 5.22. The first-order chi connectivity index (χ1) is 8.56. The molecule has 0 amide bonds. The molecule has 0 saturated carbocycles. The quantitative estimate of drug-likeness (QED) is 0.856. The fourth-order valence-corrected chi connectivity index (χ4v) is 1.63. The van der Waals surface area contributed by atoms with Gasteiger partial charge in [0.15, 0.2) is 0 Å². The van der Waals surface area contributed by atoms with Gasteiger partial charge in [0.2, 0.25) is 0 Å². The minimum absolute atomic E-state index is 0.135. The van der Waals surface area contributed by atoms with Crippen LogP contribution in [0.2, 0.25) is 5.02 Å². The number of aliphatic carboxylic acids is 1. The highest BCUT2D eigenvalue weighted by Gasteiger charge is 2.14. The Labute approximate surface area is 108 Å². The molecule has 0 radical (unpaired) electrons. The van der Waals surface area contributed by atoms with Gasteiger partial charge in [-0.1, -0.05) is 22.9 Å². The maximum atomic E-state index is 10.6. The van der Waals surface area contributed by atoms with Crippen molar-refractivity contribution >= 4 is 17.6 Å². The minimum atomic E-state index is -1.06. The molecule has 0 aliphatic heterocycles. The highest BCUT2D eigenvalue weighted by atomic mass is 35.5. The molecule has 1 unspecified atom stereocenters. The van der Waals surface area contributed by atoms with Gasteiger partial charge in [-0.25, -0.2) is 4.68 Å². The van der Waals surface area contributed by atoms with Crippen molar-refractivity contribution in [1.29, 1.82) is 0 Å². The Bertz CT molecular complexity index is 570. The molecule has 0 aliphatic rings. The fourth-order valence-electron chi connectivity index (χ4n) is 1.45. The second kappa shape index (κ2) is 5.16. The summed E-state index contributed by atoms with van der Waals surface area (Å²) in [5.41, 5.74) is 6.70. The number of carboxylic acid groups (broad SMARTS) is 1. The maximum absolute atomic E-state index is 10.6. The van der Waals surface area contributed by atoms with E-state index in [-0.39, 0.29) is 6.42 Å². The molecule has 1 heterocycles. The average molecular weight is 267 g/mol. The van der Waals surface area contributed by atoms with E-state index in [2.05, 4.69) is 10.3 Å². The summed E-state index contributed by atoms with van der Waals surface area (Å²) in [6.07, 6.45) is 1.77.